The zero-order valence-corrected chi connectivity index (χ0v) is 13.4. The van der Waals surface area contributed by atoms with Crippen LogP contribution in [-0.4, -0.2) is 11.8 Å². The van der Waals surface area contributed by atoms with E-state index in [1.165, 1.54) is 0 Å². The molecule has 1 aliphatic carbocycles. The first-order valence-electron chi connectivity index (χ1n) is 7.45. The van der Waals surface area contributed by atoms with E-state index in [9.17, 15) is 9.59 Å². The van der Waals surface area contributed by atoms with Crippen molar-refractivity contribution in [2.75, 3.05) is 10.6 Å². The Morgan fingerprint density at radius 1 is 0.958 bits per heavy atom. The summed E-state index contributed by atoms with van der Waals surface area (Å²) >= 11 is 6.01. The monoisotopic (exact) mass is 339 g/mol. The predicted octanol–water partition coefficient (Wildman–Crippen LogP) is 3.42. The normalized spacial score (nSPS) is 18.3. The summed E-state index contributed by atoms with van der Waals surface area (Å²) in [6.45, 7) is 0. The van der Waals surface area contributed by atoms with Gasteiger partial charge >= 0.3 is 0 Å². The van der Waals surface area contributed by atoms with Crippen molar-refractivity contribution in [1.82, 2.24) is 0 Å². The zero-order valence-electron chi connectivity index (χ0n) is 12.6. The second kappa shape index (κ2) is 6.73. The molecule has 0 aromatic heterocycles. The number of amides is 2. The summed E-state index contributed by atoms with van der Waals surface area (Å²) in [4.78, 5) is 24.5. The molecule has 2 amide bonds. The zero-order chi connectivity index (χ0) is 17.1. The molecule has 120 valence electrons. The maximum Gasteiger partial charge on any atom is 0.228 e. The quantitative estimate of drug-likeness (QED) is 0.895. The number of carbonyl (C=O) groups is 2. The lowest BCUT2D eigenvalue weighted by molar-refractivity contribution is -0.122. The SMILES string of the molecule is N#Cc1ccccc1NC(=O)C1CC1C(=O)Nc1ccccc1Cl. The van der Waals surface area contributed by atoms with Crippen molar-refractivity contribution in [3.8, 4) is 6.07 Å². The Labute approximate surface area is 144 Å². The van der Waals surface area contributed by atoms with Crippen molar-refractivity contribution < 1.29 is 9.59 Å². The minimum Gasteiger partial charge on any atom is -0.325 e. The van der Waals surface area contributed by atoms with Crippen LogP contribution in [-0.2, 0) is 9.59 Å². The van der Waals surface area contributed by atoms with Gasteiger partial charge in [0.05, 0.1) is 33.8 Å². The number of rotatable bonds is 4. The largest absolute Gasteiger partial charge is 0.325 e. The number of halogens is 1. The first kappa shape index (κ1) is 16.0. The van der Waals surface area contributed by atoms with Crippen LogP contribution in [0.3, 0.4) is 0 Å². The van der Waals surface area contributed by atoms with E-state index in [1.54, 1.807) is 48.5 Å². The summed E-state index contributed by atoms with van der Waals surface area (Å²) in [6.07, 6.45) is 0.483. The van der Waals surface area contributed by atoms with E-state index < -0.39 is 0 Å². The Hall–Kier alpha value is -2.84. The van der Waals surface area contributed by atoms with Crippen LogP contribution in [0.1, 0.15) is 12.0 Å². The summed E-state index contributed by atoms with van der Waals surface area (Å²) in [7, 11) is 0. The molecule has 1 fully saturated rings. The maximum atomic E-state index is 12.3. The van der Waals surface area contributed by atoms with E-state index in [0.29, 0.717) is 28.4 Å². The molecule has 2 aromatic rings. The molecule has 24 heavy (non-hydrogen) atoms. The van der Waals surface area contributed by atoms with Crippen LogP contribution in [0.25, 0.3) is 0 Å². The highest BCUT2D eigenvalue weighted by Gasteiger charge is 2.48. The molecule has 0 radical (unpaired) electrons. The Bertz CT molecular complexity index is 844. The molecule has 0 bridgehead atoms. The fourth-order valence-electron chi connectivity index (χ4n) is 2.48. The second-order valence-electron chi connectivity index (χ2n) is 5.56. The van der Waals surface area contributed by atoms with E-state index >= 15 is 0 Å². The molecule has 2 atom stereocenters. The van der Waals surface area contributed by atoms with Crippen molar-refractivity contribution in [2.45, 2.75) is 6.42 Å². The van der Waals surface area contributed by atoms with Crippen LogP contribution in [0.2, 0.25) is 5.02 Å². The molecule has 2 unspecified atom stereocenters. The molecule has 0 aliphatic heterocycles. The molecule has 3 rings (SSSR count). The topological polar surface area (TPSA) is 82.0 Å². The fourth-order valence-corrected chi connectivity index (χ4v) is 2.66. The van der Waals surface area contributed by atoms with Crippen molar-refractivity contribution in [3.63, 3.8) is 0 Å². The predicted molar refractivity (Wildman–Crippen MR) is 91.5 cm³/mol. The van der Waals surface area contributed by atoms with Gasteiger partial charge in [0.15, 0.2) is 0 Å². The lowest BCUT2D eigenvalue weighted by Crippen LogP contribution is -2.21. The van der Waals surface area contributed by atoms with E-state index in [1.807, 2.05) is 6.07 Å². The molecule has 1 saturated carbocycles. The van der Waals surface area contributed by atoms with E-state index in [0.717, 1.165) is 0 Å². The molecule has 0 spiro atoms. The van der Waals surface area contributed by atoms with Crippen LogP contribution < -0.4 is 10.6 Å². The van der Waals surface area contributed by atoms with E-state index in [-0.39, 0.29) is 23.7 Å². The second-order valence-corrected chi connectivity index (χ2v) is 5.97. The van der Waals surface area contributed by atoms with Gasteiger partial charge in [0, 0.05) is 0 Å². The van der Waals surface area contributed by atoms with Crippen LogP contribution >= 0.6 is 11.6 Å². The number of carbonyl (C=O) groups excluding carboxylic acids is 2. The Kier molecular flexibility index (Phi) is 4.50. The van der Waals surface area contributed by atoms with E-state index in [2.05, 4.69) is 10.6 Å². The average Bonchev–Trinajstić information content (AvgIpc) is 3.38. The summed E-state index contributed by atoms with van der Waals surface area (Å²) in [6, 6.07) is 15.7. The molecule has 0 saturated heterocycles. The Balaban J connectivity index is 1.61. The standard InChI is InChI=1S/C18H14ClN3O2/c19-14-6-2-4-8-16(14)22-18(24)13-9-12(13)17(23)21-15-7-3-1-5-11(15)10-20/h1-8,12-13H,9H2,(H,21,23)(H,22,24). The van der Waals surface area contributed by atoms with Gasteiger partial charge in [0.25, 0.3) is 0 Å². The molecule has 2 N–H and O–H groups in total. The first-order chi connectivity index (χ1) is 11.6. The summed E-state index contributed by atoms with van der Waals surface area (Å²) in [5, 5.41) is 14.9. The van der Waals surface area contributed by atoms with Gasteiger partial charge < -0.3 is 10.6 Å². The molecular weight excluding hydrogens is 326 g/mol. The number of nitrogens with zero attached hydrogens (tertiary/aromatic N) is 1. The van der Waals surface area contributed by atoms with Gasteiger partial charge in [-0.15, -0.1) is 0 Å². The summed E-state index contributed by atoms with van der Waals surface area (Å²) in [5.74, 6) is -1.25. The van der Waals surface area contributed by atoms with Gasteiger partial charge in [-0.05, 0) is 30.7 Å². The highest BCUT2D eigenvalue weighted by atomic mass is 35.5. The molecular formula is C18H14ClN3O2. The van der Waals surface area contributed by atoms with Crippen molar-refractivity contribution in [1.29, 1.82) is 5.26 Å². The van der Waals surface area contributed by atoms with Gasteiger partial charge in [-0.2, -0.15) is 5.26 Å². The van der Waals surface area contributed by atoms with Gasteiger partial charge in [-0.3, -0.25) is 9.59 Å². The highest BCUT2D eigenvalue weighted by molar-refractivity contribution is 6.33. The molecule has 6 heteroatoms. The Morgan fingerprint density at radius 2 is 1.50 bits per heavy atom. The minimum atomic E-state index is -0.390. The average molecular weight is 340 g/mol. The van der Waals surface area contributed by atoms with Gasteiger partial charge in [-0.1, -0.05) is 35.9 Å². The van der Waals surface area contributed by atoms with Crippen LogP contribution in [0.15, 0.2) is 48.5 Å². The number of para-hydroxylation sites is 2. The number of nitriles is 1. The number of nitrogens with one attached hydrogen (secondary N) is 2. The van der Waals surface area contributed by atoms with Gasteiger partial charge in [0.2, 0.25) is 11.8 Å². The van der Waals surface area contributed by atoms with Crippen molar-refractivity contribution in [3.05, 3.63) is 59.1 Å². The summed E-state index contributed by atoms with van der Waals surface area (Å²) < 4.78 is 0. The minimum absolute atomic E-state index is 0.225. The van der Waals surface area contributed by atoms with Crippen LogP contribution in [0, 0.1) is 23.2 Å². The molecule has 5 nitrogen and oxygen atoms in total. The van der Waals surface area contributed by atoms with Crippen molar-refractivity contribution >= 4 is 34.8 Å². The van der Waals surface area contributed by atoms with Crippen molar-refractivity contribution in [2.24, 2.45) is 11.8 Å². The molecule has 0 heterocycles. The number of hydrogen-bond donors (Lipinski definition) is 2. The Morgan fingerprint density at radius 3 is 2.12 bits per heavy atom. The highest BCUT2D eigenvalue weighted by Crippen LogP contribution is 2.40. The third kappa shape index (κ3) is 3.39. The number of benzene rings is 2. The fraction of sp³-hybridized carbons (Fsp3) is 0.167. The van der Waals surface area contributed by atoms with E-state index in [4.69, 9.17) is 16.9 Å². The lowest BCUT2D eigenvalue weighted by Gasteiger charge is -2.08. The van der Waals surface area contributed by atoms with Gasteiger partial charge in [-0.25, -0.2) is 0 Å². The smallest absolute Gasteiger partial charge is 0.228 e. The molecule has 1 aliphatic rings. The van der Waals surface area contributed by atoms with Crippen LogP contribution in [0.4, 0.5) is 11.4 Å². The lowest BCUT2D eigenvalue weighted by atomic mass is 10.2. The third-order valence-corrected chi connectivity index (χ3v) is 4.23. The number of anilines is 2. The van der Waals surface area contributed by atoms with Crippen LogP contribution in [0.5, 0.6) is 0 Å². The molecule has 2 aromatic carbocycles. The first-order valence-corrected chi connectivity index (χ1v) is 7.83. The van der Waals surface area contributed by atoms with Gasteiger partial charge in [0.1, 0.15) is 6.07 Å². The summed E-state index contributed by atoms with van der Waals surface area (Å²) in [5.41, 5.74) is 1.38. The number of hydrogen-bond acceptors (Lipinski definition) is 3. The maximum absolute atomic E-state index is 12.3. The third-order valence-electron chi connectivity index (χ3n) is 3.90.